The molecule has 8 aromatic rings. The maximum atomic E-state index is 2.41. The van der Waals surface area contributed by atoms with Gasteiger partial charge in [-0.2, -0.15) is 0 Å². The van der Waals surface area contributed by atoms with Crippen LogP contribution in [0.3, 0.4) is 0 Å². The van der Waals surface area contributed by atoms with Gasteiger partial charge < -0.3 is 0 Å². The summed E-state index contributed by atoms with van der Waals surface area (Å²) in [6.45, 7) is 0. The smallest absolute Gasteiger partial charge is 0.00132 e. The molecule has 43 heavy (non-hydrogen) atoms. The van der Waals surface area contributed by atoms with Gasteiger partial charge in [0.1, 0.15) is 0 Å². The monoisotopic (exact) mass is 544 g/mol. The summed E-state index contributed by atoms with van der Waals surface area (Å²) in [5, 5.41) is 7.71. The molecule has 0 bridgehead atoms. The molecule has 0 saturated carbocycles. The van der Waals surface area contributed by atoms with E-state index in [1.807, 2.05) is 0 Å². The quantitative estimate of drug-likeness (QED) is 0.194. The fraction of sp³-hybridized carbons (Fsp3) is 0.0233. The van der Waals surface area contributed by atoms with Gasteiger partial charge >= 0.3 is 0 Å². The Hall–Kier alpha value is -5.46. The summed E-state index contributed by atoms with van der Waals surface area (Å²) >= 11 is 0. The van der Waals surface area contributed by atoms with Gasteiger partial charge in [-0.1, -0.05) is 158 Å². The van der Waals surface area contributed by atoms with Crippen LogP contribution in [0.15, 0.2) is 158 Å². The van der Waals surface area contributed by atoms with E-state index in [1.54, 1.807) is 0 Å². The van der Waals surface area contributed by atoms with Crippen molar-refractivity contribution in [1.82, 2.24) is 0 Å². The second-order valence-electron chi connectivity index (χ2n) is 11.6. The largest absolute Gasteiger partial charge is 0.0622 e. The fourth-order valence-corrected chi connectivity index (χ4v) is 7.42. The van der Waals surface area contributed by atoms with Gasteiger partial charge in [0.2, 0.25) is 0 Å². The van der Waals surface area contributed by atoms with Crippen molar-refractivity contribution < 1.29 is 0 Å². The molecule has 0 fully saturated rings. The molecule has 0 amide bonds. The molecule has 0 heteroatoms. The molecular formula is C43H28. The molecule has 1 aliphatic carbocycles. The average Bonchev–Trinajstić information content (AvgIpc) is 3.45. The summed E-state index contributed by atoms with van der Waals surface area (Å²) in [7, 11) is 0. The third-order valence-corrected chi connectivity index (χ3v) is 9.29. The summed E-state index contributed by atoms with van der Waals surface area (Å²) in [6, 6.07) is 58.2. The predicted octanol–water partition coefficient (Wildman–Crippen LogP) is 11.7. The molecule has 0 atom stereocenters. The molecule has 0 heterocycles. The Labute approximate surface area is 251 Å². The van der Waals surface area contributed by atoms with E-state index in [2.05, 4.69) is 158 Å². The van der Waals surface area contributed by atoms with Crippen LogP contribution < -0.4 is 0 Å². The standard InChI is InChI=1S/C43H28/c1-2-12-28(13-3-1)42-37-18-8-10-20-39(37)43(40-21-11-9-19-38(40)42)41-25-24-33(35-16-6-7-17-36(35)41)30-22-23-34-31(27-30)26-29-14-4-5-15-32(29)34/h1-25,27H,26H2. The van der Waals surface area contributed by atoms with Crippen LogP contribution in [0.1, 0.15) is 11.1 Å². The fourth-order valence-electron chi connectivity index (χ4n) is 7.42. The van der Waals surface area contributed by atoms with Crippen molar-refractivity contribution in [3.8, 4) is 44.5 Å². The van der Waals surface area contributed by atoms with Gasteiger partial charge in [-0.15, -0.1) is 0 Å². The molecule has 0 unspecified atom stereocenters. The first-order chi connectivity index (χ1) is 21.3. The van der Waals surface area contributed by atoms with E-state index in [9.17, 15) is 0 Å². The molecule has 200 valence electrons. The van der Waals surface area contributed by atoms with E-state index in [-0.39, 0.29) is 0 Å². The van der Waals surface area contributed by atoms with Gasteiger partial charge in [0.25, 0.3) is 0 Å². The Balaban J connectivity index is 1.30. The normalized spacial score (nSPS) is 12.1. The zero-order valence-corrected chi connectivity index (χ0v) is 23.7. The van der Waals surface area contributed by atoms with Crippen LogP contribution >= 0.6 is 0 Å². The van der Waals surface area contributed by atoms with Gasteiger partial charge in [-0.05, 0) is 94.4 Å². The molecule has 0 saturated heterocycles. The van der Waals surface area contributed by atoms with E-state index in [0.29, 0.717) is 0 Å². The molecule has 0 aliphatic heterocycles. The minimum atomic E-state index is 1.00. The molecule has 9 rings (SSSR count). The molecule has 0 radical (unpaired) electrons. The van der Waals surface area contributed by atoms with Crippen LogP contribution in [-0.2, 0) is 6.42 Å². The van der Waals surface area contributed by atoms with Crippen molar-refractivity contribution in [2.24, 2.45) is 0 Å². The van der Waals surface area contributed by atoms with E-state index < -0.39 is 0 Å². The van der Waals surface area contributed by atoms with Gasteiger partial charge in [-0.3, -0.25) is 0 Å². The molecule has 0 spiro atoms. The lowest BCUT2D eigenvalue weighted by atomic mass is 9.83. The third kappa shape index (κ3) is 3.70. The number of hydrogen-bond acceptors (Lipinski definition) is 0. The van der Waals surface area contributed by atoms with E-state index in [1.165, 1.54) is 88.0 Å². The molecular weight excluding hydrogens is 516 g/mol. The van der Waals surface area contributed by atoms with Crippen molar-refractivity contribution >= 4 is 32.3 Å². The Morgan fingerprint density at radius 1 is 0.279 bits per heavy atom. The zero-order valence-electron chi connectivity index (χ0n) is 23.7. The SMILES string of the molecule is c1ccc(-c2c3ccccc3c(-c3ccc(-c4ccc5c(c4)Cc4ccccc4-5)c4ccccc34)c3ccccc23)cc1. The van der Waals surface area contributed by atoms with E-state index in [0.717, 1.165) is 6.42 Å². The first-order valence-corrected chi connectivity index (χ1v) is 15.1. The van der Waals surface area contributed by atoms with Crippen molar-refractivity contribution in [2.45, 2.75) is 6.42 Å². The Kier molecular flexibility index (Phi) is 5.36. The summed E-state index contributed by atoms with van der Waals surface area (Å²) in [5.74, 6) is 0. The topological polar surface area (TPSA) is 0 Å². The molecule has 0 N–H and O–H groups in total. The number of rotatable bonds is 3. The highest BCUT2D eigenvalue weighted by molar-refractivity contribution is 6.24. The highest BCUT2D eigenvalue weighted by Gasteiger charge is 2.21. The van der Waals surface area contributed by atoms with E-state index in [4.69, 9.17) is 0 Å². The Morgan fingerprint density at radius 2 is 0.767 bits per heavy atom. The van der Waals surface area contributed by atoms with Crippen LogP contribution in [0.2, 0.25) is 0 Å². The summed E-state index contributed by atoms with van der Waals surface area (Å²) in [4.78, 5) is 0. The van der Waals surface area contributed by atoms with Gasteiger partial charge in [-0.25, -0.2) is 0 Å². The van der Waals surface area contributed by atoms with Crippen molar-refractivity contribution in [3.05, 3.63) is 169 Å². The third-order valence-electron chi connectivity index (χ3n) is 9.29. The van der Waals surface area contributed by atoms with Crippen LogP contribution in [0.4, 0.5) is 0 Å². The van der Waals surface area contributed by atoms with Crippen molar-refractivity contribution in [2.75, 3.05) is 0 Å². The maximum Gasteiger partial charge on any atom is -0.00132 e. The first-order valence-electron chi connectivity index (χ1n) is 15.1. The Morgan fingerprint density at radius 3 is 1.47 bits per heavy atom. The van der Waals surface area contributed by atoms with Crippen LogP contribution in [0, 0.1) is 0 Å². The van der Waals surface area contributed by atoms with Gasteiger partial charge in [0, 0.05) is 0 Å². The molecule has 8 aromatic carbocycles. The lowest BCUT2D eigenvalue weighted by molar-refractivity contribution is 1.26. The van der Waals surface area contributed by atoms with Gasteiger partial charge in [0.05, 0.1) is 0 Å². The second-order valence-corrected chi connectivity index (χ2v) is 11.6. The number of benzene rings is 8. The highest BCUT2D eigenvalue weighted by Crippen LogP contribution is 2.47. The highest BCUT2D eigenvalue weighted by atomic mass is 14.2. The molecule has 0 aromatic heterocycles. The van der Waals surface area contributed by atoms with Crippen molar-refractivity contribution in [1.29, 1.82) is 0 Å². The minimum Gasteiger partial charge on any atom is -0.0622 e. The van der Waals surface area contributed by atoms with Crippen LogP contribution in [0.25, 0.3) is 76.8 Å². The lowest BCUT2D eigenvalue weighted by Crippen LogP contribution is -1.92. The maximum absolute atomic E-state index is 2.41. The Bertz CT molecular complexity index is 2300. The van der Waals surface area contributed by atoms with Crippen LogP contribution in [-0.4, -0.2) is 0 Å². The minimum absolute atomic E-state index is 1.00. The summed E-state index contributed by atoms with van der Waals surface area (Å²) in [6.07, 6.45) is 1.00. The predicted molar refractivity (Wildman–Crippen MR) is 184 cm³/mol. The number of hydrogen-bond donors (Lipinski definition) is 0. The molecule has 0 nitrogen and oxygen atoms in total. The van der Waals surface area contributed by atoms with Gasteiger partial charge in [0.15, 0.2) is 0 Å². The first kappa shape index (κ1) is 24.2. The average molecular weight is 545 g/mol. The lowest BCUT2D eigenvalue weighted by Gasteiger charge is -2.19. The molecule has 1 aliphatic rings. The summed E-state index contributed by atoms with van der Waals surface area (Å²) in [5.41, 5.74) is 13.3. The zero-order chi connectivity index (χ0) is 28.3. The van der Waals surface area contributed by atoms with Crippen LogP contribution in [0.5, 0.6) is 0 Å². The summed E-state index contributed by atoms with van der Waals surface area (Å²) < 4.78 is 0. The second kappa shape index (κ2) is 9.54. The van der Waals surface area contributed by atoms with E-state index >= 15 is 0 Å². The van der Waals surface area contributed by atoms with Crippen molar-refractivity contribution in [3.63, 3.8) is 0 Å². The number of fused-ring (bicyclic) bond motifs is 6.